The van der Waals surface area contributed by atoms with Gasteiger partial charge in [-0.05, 0) is 63.1 Å². The lowest BCUT2D eigenvalue weighted by molar-refractivity contribution is 0.606. The molecule has 1 N–H and O–H groups in total. The first-order valence-corrected chi connectivity index (χ1v) is 13.2. The highest BCUT2D eigenvalue weighted by molar-refractivity contribution is 7.84. The first-order valence-electron chi connectivity index (χ1n) is 11.2. The zero-order valence-corrected chi connectivity index (χ0v) is 21.1. The third kappa shape index (κ3) is 4.24. The van der Waals surface area contributed by atoms with Gasteiger partial charge in [-0.1, -0.05) is 59.9 Å². The quantitative estimate of drug-likeness (QED) is 0.315. The van der Waals surface area contributed by atoms with Gasteiger partial charge in [0.05, 0.1) is 26.8 Å². The molecule has 4 aromatic rings. The number of nitrogens with zero attached hydrogens (tertiary/aromatic N) is 2. The van der Waals surface area contributed by atoms with E-state index in [0.717, 1.165) is 21.6 Å². The summed E-state index contributed by atoms with van der Waals surface area (Å²) in [6.45, 7) is 7.59. The van der Waals surface area contributed by atoms with Crippen LogP contribution in [0, 0.1) is 5.82 Å². The minimum absolute atomic E-state index is 0.247. The molecule has 5 rings (SSSR count). The van der Waals surface area contributed by atoms with Crippen molar-refractivity contribution in [2.45, 2.75) is 43.9 Å². The van der Waals surface area contributed by atoms with Gasteiger partial charge in [0.1, 0.15) is 21.2 Å². The topological polar surface area (TPSA) is 54.9 Å². The maximum absolute atomic E-state index is 15.1. The van der Waals surface area contributed by atoms with Gasteiger partial charge in [0, 0.05) is 11.6 Å². The van der Waals surface area contributed by atoms with Crippen LogP contribution in [0.2, 0.25) is 0 Å². The van der Waals surface area contributed by atoms with E-state index in [0.29, 0.717) is 10.6 Å². The molecule has 1 unspecified atom stereocenters. The van der Waals surface area contributed by atoms with Gasteiger partial charge in [0.25, 0.3) is 0 Å². The van der Waals surface area contributed by atoms with Gasteiger partial charge < -0.3 is 0 Å². The number of rotatable bonds is 6. The largest absolute Gasteiger partial charge is 0.242 e. The monoisotopic (exact) mass is 491 g/mol. The fourth-order valence-electron chi connectivity index (χ4n) is 3.85. The highest BCUT2D eigenvalue weighted by atomic mass is 32.2. The van der Waals surface area contributed by atoms with Crippen molar-refractivity contribution in [1.29, 1.82) is 0 Å². The van der Waals surface area contributed by atoms with Gasteiger partial charge in [-0.2, -0.15) is 0 Å². The van der Waals surface area contributed by atoms with Crippen molar-refractivity contribution in [2.24, 2.45) is 0 Å². The van der Waals surface area contributed by atoms with Crippen molar-refractivity contribution in [3.63, 3.8) is 0 Å². The number of hydrogen-bond donors (Lipinski definition) is 1. The van der Waals surface area contributed by atoms with E-state index in [1.807, 2.05) is 64.1 Å². The molecule has 0 saturated carbocycles. The molecular weight excluding hydrogens is 465 g/mol. The molecule has 174 valence electrons. The van der Waals surface area contributed by atoms with E-state index in [9.17, 15) is 4.21 Å². The summed E-state index contributed by atoms with van der Waals surface area (Å²) in [6, 6.07) is 19.1. The molecule has 4 nitrogen and oxygen atoms in total. The molecule has 1 aliphatic carbocycles. The van der Waals surface area contributed by atoms with Crippen molar-refractivity contribution in [1.82, 2.24) is 14.7 Å². The molecule has 0 radical (unpaired) electrons. The van der Waals surface area contributed by atoms with Gasteiger partial charge in [0.15, 0.2) is 0 Å². The van der Waals surface area contributed by atoms with Crippen LogP contribution in [0.3, 0.4) is 0 Å². The van der Waals surface area contributed by atoms with E-state index in [-0.39, 0.29) is 17.3 Å². The molecule has 2 atom stereocenters. The Morgan fingerprint density at radius 1 is 1.03 bits per heavy atom. The molecule has 0 spiro atoms. The number of halogens is 1. The lowest BCUT2D eigenvalue weighted by atomic mass is 9.89. The fourth-order valence-corrected chi connectivity index (χ4v) is 5.63. The summed E-state index contributed by atoms with van der Waals surface area (Å²) < 4.78 is 30.2. The average Bonchev–Trinajstić information content (AvgIpc) is 3.51. The second-order valence-corrected chi connectivity index (χ2v) is 12.5. The highest BCUT2D eigenvalue weighted by Gasteiger charge is 2.39. The fraction of sp³-hybridized carbons (Fsp3) is 0.259. The number of nitrogens with one attached hydrogen (secondary N) is 1. The van der Waals surface area contributed by atoms with Gasteiger partial charge in [0.2, 0.25) is 0 Å². The molecule has 0 amide bonds. The summed E-state index contributed by atoms with van der Waals surface area (Å²) in [5.74, 6) is -0.350. The Morgan fingerprint density at radius 2 is 1.76 bits per heavy atom. The minimum Gasteiger partial charge on any atom is -0.242 e. The predicted octanol–water partition coefficient (Wildman–Crippen LogP) is 6.47. The van der Waals surface area contributed by atoms with Crippen LogP contribution in [0.15, 0.2) is 72.8 Å². The highest BCUT2D eigenvalue weighted by Crippen LogP contribution is 2.45. The first kappa shape index (κ1) is 23.0. The summed E-state index contributed by atoms with van der Waals surface area (Å²) >= 11 is 1.39. The number of fused-ring (bicyclic) bond motifs is 1. The lowest BCUT2D eigenvalue weighted by Crippen LogP contribution is -2.34. The number of allylic oxidation sites excluding steroid dienone is 2. The summed E-state index contributed by atoms with van der Waals surface area (Å²) in [4.78, 5) is 10.3. The Bertz CT molecular complexity index is 1420. The van der Waals surface area contributed by atoms with Crippen LogP contribution >= 0.6 is 11.3 Å². The maximum atomic E-state index is 15.1. The van der Waals surface area contributed by atoms with E-state index in [4.69, 9.17) is 4.98 Å². The Hall–Kier alpha value is -2.74. The molecule has 2 aromatic heterocycles. The van der Waals surface area contributed by atoms with Gasteiger partial charge >= 0.3 is 0 Å². The average molecular weight is 492 g/mol. The van der Waals surface area contributed by atoms with Crippen LogP contribution in [0.1, 0.15) is 50.6 Å². The van der Waals surface area contributed by atoms with E-state index >= 15 is 4.39 Å². The first-order chi connectivity index (χ1) is 16.2. The Kier molecular flexibility index (Phi) is 5.74. The van der Waals surface area contributed by atoms with Crippen LogP contribution < -0.4 is 4.72 Å². The summed E-state index contributed by atoms with van der Waals surface area (Å²) in [5, 5.41) is 0.597. The van der Waals surface area contributed by atoms with Crippen LogP contribution in [-0.2, 0) is 16.4 Å². The lowest BCUT2D eigenvalue weighted by Gasteiger charge is -2.22. The molecule has 0 saturated heterocycles. The summed E-state index contributed by atoms with van der Waals surface area (Å²) in [7, 11) is -1.24. The number of benzene rings is 2. The number of hydrogen-bond acceptors (Lipinski definition) is 4. The molecule has 0 fully saturated rings. The molecule has 34 heavy (non-hydrogen) atoms. The van der Waals surface area contributed by atoms with Crippen molar-refractivity contribution in [2.75, 3.05) is 0 Å². The minimum atomic E-state index is -1.24. The Labute approximate surface area is 205 Å². The van der Waals surface area contributed by atoms with Gasteiger partial charge in [-0.15, -0.1) is 0 Å². The van der Waals surface area contributed by atoms with E-state index in [1.54, 1.807) is 6.07 Å². The Balaban J connectivity index is 1.42. The normalized spacial score (nSPS) is 16.5. The predicted molar refractivity (Wildman–Crippen MR) is 139 cm³/mol. The van der Waals surface area contributed by atoms with Crippen LogP contribution in [0.4, 0.5) is 4.39 Å². The van der Waals surface area contributed by atoms with Crippen molar-refractivity contribution >= 4 is 32.7 Å². The number of aromatic nitrogens is 2. The molecule has 0 aliphatic heterocycles. The van der Waals surface area contributed by atoms with Crippen LogP contribution in [0.25, 0.3) is 20.9 Å². The smallest absolute Gasteiger partial charge is 0.144 e. The van der Waals surface area contributed by atoms with Crippen LogP contribution in [-0.4, -0.2) is 18.9 Å². The molecular formula is C27H26FN3OS2. The van der Waals surface area contributed by atoms with Crippen molar-refractivity contribution in [3.8, 4) is 10.6 Å². The zero-order chi connectivity index (χ0) is 24.1. The molecule has 1 aliphatic rings. The molecule has 0 bridgehead atoms. The Morgan fingerprint density at radius 3 is 2.41 bits per heavy atom. The summed E-state index contributed by atoms with van der Waals surface area (Å²) in [6.07, 6.45) is 4.30. The van der Waals surface area contributed by atoms with E-state index in [1.165, 1.54) is 23.0 Å². The molecule has 7 heteroatoms. The number of thiazole rings is 1. The third-order valence-electron chi connectivity index (χ3n) is 5.99. The van der Waals surface area contributed by atoms with Gasteiger partial charge in [-0.25, -0.2) is 23.3 Å². The second kappa shape index (κ2) is 8.48. The second-order valence-electron chi connectivity index (χ2n) is 9.57. The standard InChI is InChI=1S/C27H26FN3OS2/c1-17(31-34(32)26(2,3)4)18-10-11-20(21(28)16-18)24-29-22-12-13-23(30-25(22)33-24)27(14-15-27)19-8-6-5-7-9-19/h5-17,31H,1-4H3/t17-,34?/m0/s1. The maximum Gasteiger partial charge on any atom is 0.144 e. The number of pyridine rings is 1. The SMILES string of the molecule is C[C@H](NS(=O)C(C)(C)C)c1ccc(-c2nc3ccc(C4(c5ccccc5)C=C4)nc3s2)c(F)c1. The van der Waals surface area contributed by atoms with E-state index in [2.05, 4.69) is 34.0 Å². The van der Waals surface area contributed by atoms with Crippen LogP contribution in [0.5, 0.6) is 0 Å². The van der Waals surface area contributed by atoms with Crippen molar-refractivity contribution < 1.29 is 8.60 Å². The summed E-state index contributed by atoms with van der Waals surface area (Å²) in [5.41, 5.74) is 3.81. The van der Waals surface area contributed by atoms with Crippen molar-refractivity contribution in [3.05, 3.63) is 95.5 Å². The molecule has 2 aromatic carbocycles. The molecule has 2 heterocycles. The third-order valence-corrected chi connectivity index (χ3v) is 8.67. The van der Waals surface area contributed by atoms with Gasteiger partial charge in [-0.3, -0.25) is 0 Å². The zero-order valence-electron chi connectivity index (χ0n) is 19.5. The van der Waals surface area contributed by atoms with E-state index < -0.39 is 15.7 Å².